The van der Waals surface area contributed by atoms with E-state index in [1.165, 1.54) is 24.3 Å². The van der Waals surface area contributed by atoms with Crippen molar-refractivity contribution in [3.8, 4) is 0 Å². The largest absolute Gasteiger partial charge is 0.216 e. The SMILES string of the molecule is CC(NS(=O)(=O)Cc1ccc(F)cc1)c1ccccc1Cl. The van der Waals surface area contributed by atoms with Crippen molar-refractivity contribution in [3.05, 3.63) is 70.5 Å². The molecule has 0 aliphatic rings. The Balaban J connectivity index is 2.10. The van der Waals surface area contributed by atoms with Crippen molar-refractivity contribution in [2.24, 2.45) is 0 Å². The minimum atomic E-state index is -3.54. The maximum absolute atomic E-state index is 12.8. The van der Waals surface area contributed by atoms with Crippen molar-refractivity contribution in [3.63, 3.8) is 0 Å². The monoisotopic (exact) mass is 327 g/mol. The molecule has 2 aromatic carbocycles. The molecule has 3 nitrogen and oxygen atoms in total. The van der Waals surface area contributed by atoms with Gasteiger partial charge in [-0.25, -0.2) is 17.5 Å². The van der Waals surface area contributed by atoms with Gasteiger partial charge in [0.1, 0.15) is 5.82 Å². The van der Waals surface area contributed by atoms with Gasteiger partial charge in [0, 0.05) is 11.1 Å². The van der Waals surface area contributed by atoms with Crippen LogP contribution >= 0.6 is 11.6 Å². The second kappa shape index (κ2) is 6.56. The number of hydrogen-bond acceptors (Lipinski definition) is 2. The Bertz CT molecular complexity index is 717. The molecule has 0 aliphatic heterocycles. The molecule has 0 aliphatic carbocycles. The highest BCUT2D eigenvalue weighted by Crippen LogP contribution is 2.23. The van der Waals surface area contributed by atoms with Crippen molar-refractivity contribution in [2.45, 2.75) is 18.7 Å². The fraction of sp³-hybridized carbons (Fsp3) is 0.200. The molecular weight excluding hydrogens is 313 g/mol. The van der Waals surface area contributed by atoms with E-state index in [2.05, 4.69) is 4.72 Å². The standard InChI is InChI=1S/C15H15ClFNO2S/c1-11(14-4-2-3-5-15(14)16)18-21(19,20)10-12-6-8-13(17)9-7-12/h2-9,11,18H,10H2,1H3. The molecule has 0 aromatic heterocycles. The molecule has 0 saturated heterocycles. The highest BCUT2D eigenvalue weighted by molar-refractivity contribution is 7.88. The minimum Gasteiger partial charge on any atom is -0.212 e. The zero-order valence-electron chi connectivity index (χ0n) is 11.4. The number of sulfonamides is 1. The van der Waals surface area contributed by atoms with Crippen LogP contribution < -0.4 is 4.72 Å². The molecule has 0 fully saturated rings. The van der Waals surface area contributed by atoms with Crippen LogP contribution in [0.3, 0.4) is 0 Å². The van der Waals surface area contributed by atoms with E-state index in [4.69, 9.17) is 11.6 Å². The van der Waals surface area contributed by atoms with Crippen LogP contribution in [-0.2, 0) is 15.8 Å². The Morgan fingerprint density at radius 1 is 1.14 bits per heavy atom. The van der Waals surface area contributed by atoms with Crippen LogP contribution in [0.1, 0.15) is 24.1 Å². The molecule has 0 bridgehead atoms. The molecule has 112 valence electrons. The first-order valence-corrected chi connectivity index (χ1v) is 8.39. The van der Waals surface area contributed by atoms with E-state index < -0.39 is 21.9 Å². The summed E-state index contributed by atoms with van der Waals surface area (Å²) >= 11 is 6.05. The minimum absolute atomic E-state index is 0.206. The maximum atomic E-state index is 12.8. The second-order valence-electron chi connectivity index (χ2n) is 4.75. The van der Waals surface area contributed by atoms with Crippen LogP contribution in [0.2, 0.25) is 5.02 Å². The first-order valence-electron chi connectivity index (χ1n) is 6.36. The van der Waals surface area contributed by atoms with E-state index in [9.17, 15) is 12.8 Å². The molecule has 6 heteroatoms. The van der Waals surface area contributed by atoms with Crippen LogP contribution in [-0.4, -0.2) is 8.42 Å². The van der Waals surface area contributed by atoms with Gasteiger partial charge in [-0.2, -0.15) is 0 Å². The molecule has 0 radical (unpaired) electrons. The number of rotatable bonds is 5. The molecule has 1 N–H and O–H groups in total. The third-order valence-corrected chi connectivity index (χ3v) is 4.77. The Morgan fingerprint density at radius 3 is 2.38 bits per heavy atom. The fourth-order valence-electron chi connectivity index (χ4n) is 2.00. The van der Waals surface area contributed by atoms with Gasteiger partial charge in [0.2, 0.25) is 10.0 Å². The van der Waals surface area contributed by atoms with Crippen LogP contribution in [0.15, 0.2) is 48.5 Å². The van der Waals surface area contributed by atoms with E-state index in [1.54, 1.807) is 31.2 Å². The Morgan fingerprint density at radius 2 is 1.76 bits per heavy atom. The lowest BCUT2D eigenvalue weighted by Gasteiger charge is -2.16. The van der Waals surface area contributed by atoms with Gasteiger partial charge >= 0.3 is 0 Å². The molecule has 2 aromatic rings. The van der Waals surface area contributed by atoms with Crippen molar-refractivity contribution in [1.29, 1.82) is 0 Å². The van der Waals surface area contributed by atoms with Crippen molar-refractivity contribution >= 4 is 21.6 Å². The van der Waals surface area contributed by atoms with Gasteiger partial charge in [-0.05, 0) is 36.2 Å². The van der Waals surface area contributed by atoms with Crippen LogP contribution in [0.25, 0.3) is 0 Å². The lowest BCUT2D eigenvalue weighted by molar-refractivity contribution is 0.566. The zero-order valence-corrected chi connectivity index (χ0v) is 13.0. The van der Waals surface area contributed by atoms with Gasteiger partial charge < -0.3 is 0 Å². The zero-order chi connectivity index (χ0) is 15.5. The molecule has 21 heavy (non-hydrogen) atoms. The van der Waals surface area contributed by atoms with E-state index in [0.717, 1.165) is 0 Å². The first kappa shape index (κ1) is 15.9. The van der Waals surface area contributed by atoms with Gasteiger partial charge in [-0.15, -0.1) is 0 Å². The van der Waals surface area contributed by atoms with Crippen LogP contribution in [0.5, 0.6) is 0 Å². The topological polar surface area (TPSA) is 46.2 Å². The maximum Gasteiger partial charge on any atom is 0.216 e. The lowest BCUT2D eigenvalue weighted by atomic mass is 10.1. The van der Waals surface area contributed by atoms with Gasteiger partial charge in [0.15, 0.2) is 0 Å². The van der Waals surface area contributed by atoms with Gasteiger partial charge in [0.05, 0.1) is 5.75 Å². The smallest absolute Gasteiger partial charge is 0.212 e. The number of nitrogens with one attached hydrogen (secondary N) is 1. The summed E-state index contributed by atoms with van der Waals surface area (Å²) in [7, 11) is -3.54. The highest BCUT2D eigenvalue weighted by Gasteiger charge is 2.18. The molecular formula is C15H15ClFNO2S. The van der Waals surface area contributed by atoms with Gasteiger partial charge in [-0.1, -0.05) is 41.9 Å². The number of hydrogen-bond donors (Lipinski definition) is 1. The predicted octanol–water partition coefficient (Wildman–Crippen LogP) is 3.66. The summed E-state index contributed by atoms with van der Waals surface area (Å²) < 4.78 is 39.7. The predicted molar refractivity (Wildman–Crippen MR) is 82.0 cm³/mol. The summed E-state index contributed by atoms with van der Waals surface area (Å²) in [4.78, 5) is 0. The van der Waals surface area contributed by atoms with Gasteiger partial charge in [0.25, 0.3) is 0 Å². The molecule has 2 rings (SSSR count). The normalized spacial score (nSPS) is 13.1. The quantitative estimate of drug-likeness (QED) is 0.911. The number of benzene rings is 2. The third-order valence-electron chi connectivity index (χ3n) is 3.00. The van der Waals surface area contributed by atoms with Crippen molar-refractivity contribution in [2.75, 3.05) is 0 Å². The summed E-state index contributed by atoms with van der Waals surface area (Å²) in [5.41, 5.74) is 1.23. The van der Waals surface area contributed by atoms with Crippen LogP contribution in [0.4, 0.5) is 4.39 Å². The molecule has 0 spiro atoms. The average molecular weight is 328 g/mol. The third kappa shape index (κ3) is 4.52. The Kier molecular flexibility index (Phi) is 4.98. The molecule has 0 saturated carbocycles. The molecule has 0 amide bonds. The van der Waals surface area contributed by atoms with Crippen molar-refractivity contribution in [1.82, 2.24) is 4.72 Å². The van der Waals surface area contributed by atoms with Crippen molar-refractivity contribution < 1.29 is 12.8 Å². The highest BCUT2D eigenvalue weighted by atomic mass is 35.5. The number of halogens is 2. The summed E-state index contributed by atoms with van der Waals surface area (Å²) in [6.07, 6.45) is 0. The van der Waals surface area contributed by atoms with E-state index >= 15 is 0 Å². The lowest BCUT2D eigenvalue weighted by Crippen LogP contribution is -2.28. The molecule has 0 heterocycles. The van der Waals surface area contributed by atoms with E-state index in [0.29, 0.717) is 16.1 Å². The average Bonchev–Trinajstić information content (AvgIpc) is 2.41. The van der Waals surface area contributed by atoms with E-state index in [-0.39, 0.29) is 5.75 Å². The summed E-state index contributed by atoms with van der Waals surface area (Å²) in [5.74, 6) is -0.601. The summed E-state index contributed by atoms with van der Waals surface area (Å²) in [6, 6.07) is 12.0. The Labute approximate surface area is 128 Å². The fourth-order valence-corrected chi connectivity index (χ4v) is 3.68. The first-order chi connectivity index (χ1) is 9.87. The van der Waals surface area contributed by atoms with Crippen LogP contribution in [0, 0.1) is 5.82 Å². The molecule has 1 unspecified atom stereocenters. The molecule has 1 atom stereocenters. The van der Waals surface area contributed by atoms with Gasteiger partial charge in [-0.3, -0.25) is 0 Å². The summed E-state index contributed by atoms with van der Waals surface area (Å²) in [6.45, 7) is 1.73. The summed E-state index contributed by atoms with van der Waals surface area (Å²) in [5, 5.41) is 0.509. The Hall–Kier alpha value is -1.43. The second-order valence-corrected chi connectivity index (χ2v) is 6.91. The van der Waals surface area contributed by atoms with E-state index in [1.807, 2.05) is 0 Å².